The van der Waals surface area contributed by atoms with Gasteiger partial charge in [0, 0.05) is 30.0 Å². The minimum atomic E-state index is -1.09. The van der Waals surface area contributed by atoms with Crippen molar-refractivity contribution < 1.29 is 23.2 Å². The first-order valence-corrected chi connectivity index (χ1v) is 9.18. The Morgan fingerprint density at radius 2 is 1.72 bits per heavy atom. The Morgan fingerprint density at radius 3 is 2.28 bits per heavy atom. The Labute approximate surface area is 168 Å². The number of benzene rings is 1. The molecule has 2 amide bonds. The van der Waals surface area contributed by atoms with Crippen molar-refractivity contribution >= 4 is 23.3 Å². The van der Waals surface area contributed by atoms with E-state index in [0.29, 0.717) is 17.7 Å². The van der Waals surface area contributed by atoms with E-state index in [9.17, 15) is 23.2 Å². The molecule has 156 valence electrons. The number of halogens is 2. The quantitative estimate of drug-likeness (QED) is 0.569. The third kappa shape index (κ3) is 4.52. The van der Waals surface area contributed by atoms with Gasteiger partial charge in [0.1, 0.15) is 0 Å². The van der Waals surface area contributed by atoms with E-state index in [1.807, 2.05) is 20.8 Å². The summed E-state index contributed by atoms with van der Waals surface area (Å²) in [6.07, 6.45) is 0.638. The smallest absolute Gasteiger partial charge is 0.294 e. The van der Waals surface area contributed by atoms with E-state index in [0.717, 1.165) is 12.1 Å². The van der Waals surface area contributed by atoms with Gasteiger partial charge in [-0.3, -0.25) is 14.4 Å². The van der Waals surface area contributed by atoms with E-state index in [2.05, 4.69) is 10.6 Å². The van der Waals surface area contributed by atoms with E-state index in [-0.39, 0.29) is 16.9 Å². The molecule has 1 aromatic carbocycles. The van der Waals surface area contributed by atoms with Gasteiger partial charge in [0.05, 0.1) is 11.3 Å². The van der Waals surface area contributed by atoms with Crippen LogP contribution < -0.4 is 10.6 Å². The zero-order valence-corrected chi connectivity index (χ0v) is 17.4. The van der Waals surface area contributed by atoms with Crippen LogP contribution in [0.3, 0.4) is 0 Å². The van der Waals surface area contributed by atoms with Gasteiger partial charge in [-0.25, -0.2) is 8.78 Å². The number of hydrogen-bond donors (Lipinski definition) is 2. The van der Waals surface area contributed by atoms with Gasteiger partial charge in [-0.15, -0.1) is 0 Å². The van der Waals surface area contributed by atoms with Crippen molar-refractivity contribution in [2.45, 2.75) is 46.6 Å². The van der Waals surface area contributed by atoms with E-state index >= 15 is 0 Å². The molecule has 29 heavy (non-hydrogen) atoms. The summed E-state index contributed by atoms with van der Waals surface area (Å²) in [5, 5.41) is 5.18. The number of ketones is 1. The maximum Gasteiger partial charge on any atom is 0.294 e. The van der Waals surface area contributed by atoms with Gasteiger partial charge in [0.15, 0.2) is 11.6 Å². The zero-order valence-electron chi connectivity index (χ0n) is 17.4. The van der Waals surface area contributed by atoms with E-state index in [4.69, 9.17) is 0 Å². The second-order valence-corrected chi connectivity index (χ2v) is 7.60. The van der Waals surface area contributed by atoms with Crippen molar-refractivity contribution in [1.29, 1.82) is 0 Å². The minimum absolute atomic E-state index is 0.0758. The fourth-order valence-electron chi connectivity index (χ4n) is 2.96. The number of anilines is 1. The molecule has 0 unspecified atom stereocenters. The number of aromatic nitrogens is 1. The first-order chi connectivity index (χ1) is 13.4. The molecule has 0 bridgehead atoms. The highest BCUT2D eigenvalue weighted by molar-refractivity contribution is 6.43. The topological polar surface area (TPSA) is 80.2 Å². The van der Waals surface area contributed by atoms with Gasteiger partial charge < -0.3 is 15.2 Å². The number of hydrogen-bond acceptors (Lipinski definition) is 3. The number of Topliss-reactive ketones (excluding diaryl/α,β-unsaturated/α-hetero) is 1. The molecule has 0 radical (unpaired) electrons. The molecule has 0 atom stereocenters. The number of carbonyl (C=O) groups excluding carboxylic acids is 3. The molecule has 1 aromatic heterocycles. The van der Waals surface area contributed by atoms with Crippen LogP contribution in [-0.2, 0) is 11.8 Å². The summed E-state index contributed by atoms with van der Waals surface area (Å²) in [6, 6.07) is 3.01. The van der Waals surface area contributed by atoms with Crippen molar-refractivity contribution in [3.63, 3.8) is 0 Å². The maximum atomic E-state index is 13.4. The van der Waals surface area contributed by atoms with Crippen LogP contribution in [0, 0.1) is 25.5 Å². The average molecular weight is 405 g/mol. The lowest BCUT2D eigenvalue weighted by molar-refractivity contribution is -0.118. The molecule has 0 aliphatic heterocycles. The Balaban J connectivity index is 2.36. The average Bonchev–Trinajstić information content (AvgIpc) is 2.86. The normalized spacial score (nSPS) is 11.3. The minimum Gasteiger partial charge on any atom is -0.344 e. The summed E-state index contributed by atoms with van der Waals surface area (Å²) >= 11 is 0. The Kier molecular flexibility index (Phi) is 6.25. The second-order valence-electron chi connectivity index (χ2n) is 7.60. The maximum absolute atomic E-state index is 13.4. The molecular weight excluding hydrogens is 380 g/mol. The first-order valence-electron chi connectivity index (χ1n) is 9.18. The lowest BCUT2D eigenvalue weighted by atomic mass is 10.0. The summed E-state index contributed by atoms with van der Waals surface area (Å²) < 4.78 is 28.0. The summed E-state index contributed by atoms with van der Waals surface area (Å²) in [7, 11) is 1.59. The van der Waals surface area contributed by atoms with Gasteiger partial charge in [0.2, 0.25) is 0 Å². The van der Waals surface area contributed by atoms with Crippen LogP contribution in [0.25, 0.3) is 0 Å². The number of nitrogens with zero attached hydrogens (tertiary/aromatic N) is 1. The van der Waals surface area contributed by atoms with Gasteiger partial charge in [0.25, 0.3) is 17.6 Å². The molecule has 0 fully saturated rings. The Bertz CT molecular complexity index is 994. The molecule has 0 spiro atoms. The summed E-state index contributed by atoms with van der Waals surface area (Å²) in [6.45, 7) is 8.71. The van der Waals surface area contributed by atoms with Crippen molar-refractivity contribution in [1.82, 2.24) is 9.88 Å². The third-order valence-corrected chi connectivity index (χ3v) is 5.09. The molecule has 2 rings (SSSR count). The standard InChI is InChI=1S/C21H25F2N3O3/c1-7-21(4,5)25-20(29)18(27)17-11(2)16(12(3)26(17)6)19(28)24-13-8-9-14(22)15(23)10-13/h8-10H,7H2,1-6H3,(H,24,28)(H,25,29). The molecule has 0 saturated heterocycles. The molecule has 0 saturated carbocycles. The lowest BCUT2D eigenvalue weighted by Crippen LogP contribution is -2.46. The highest BCUT2D eigenvalue weighted by atomic mass is 19.2. The molecule has 0 aliphatic rings. The monoisotopic (exact) mass is 405 g/mol. The van der Waals surface area contributed by atoms with Crippen LogP contribution >= 0.6 is 0 Å². The molecular formula is C21H25F2N3O3. The molecule has 8 heteroatoms. The molecule has 6 nitrogen and oxygen atoms in total. The summed E-state index contributed by atoms with van der Waals surface area (Å²) in [5.41, 5.74) is 0.624. The Hall–Kier alpha value is -3.03. The predicted octanol–water partition coefficient (Wildman–Crippen LogP) is 3.66. The van der Waals surface area contributed by atoms with Crippen molar-refractivity contribution in [2.75, 3.05) is 5.32 Å². The Morgan fingerprint density at radius 1 is 1.10 bits per heavy atom. The third-order valence-electron chi connectivity index (χ3n) is 5.09. The fourth-order valence-corrected chi connectivity index (χ4v) is 2.96. The summed E-state index contributed by atoms with van der Waals surface area (Å²) in [4.78, 5) is 37.9. The van der Waals surface area contributed by atoms with Crippen molar-refractivity contribution in [3.8, 4) is 0 Å². The van der Waals surface area contributed by atoms with Crippen LogP contribution in [0.2, 0.25) is 0 Å². The van der Waals surface area contributed by atoms with Gasteiger partial charge in [-0.05, 0) is 51.8 Å². The van der Waals surface area contributed by atoms with Crippen LogP contribution in [0.4, 0.5) is 14.5 Å². The number of amides is 2. The van der Waals surface area contributed by atoms with Crippen LogP contribution in [-0.4, -0.2) is 27.7 Å². The van der Waals surface area contributed by atoms with Gasteiger partial charge in [-0.2, -0.15) is 0 Å². The SMILES string of the molecule is CCC(C)(C)NC(=O)C(=O)c1c(C)c(C(=O)Nc2ccc(F)c(F)c2)c(C)n1C. The molecule has 2 aromatic rings. The summed E-state index contributed by atoms with van der Waals surface area (Å²) in [5.74, 6) is -4.20. The van der Waals surface area contributed by atoms with E-state index in [1.165, 1.54) is 10.6 Å². The number of nitrogens with one attached hydrogen (secondary N) is 2. The van der Waals surface area contributed by atoms with Crippen LogP contribution in [0.15, 0.2) is 18.2 Å². The number of carbonyl (C=O) groups is 3. The highest BCUT2D eigenvalue weighted by Crippen LogP contribution is 2.24. The number of rotatable bonds is 6. The first kappa shape index (κ1) is 22.3. The molecule has 0 aliphatic carbocycles. The van der Waals surface area contributed by atoms with Crippen LogP contribution in [0.1, 0.15) is 59.3 Å². The predicted molar refractivity (Wildman–Crippen MR) is 106 cm³/mol. The zero-order chi connectivity index (χ0) is 22.1. The highest BCUT2D eigenvalue weighted by Gasteiger charge is 2.30. The molecule has 2 N–H and O–H groups in total. The van der Waals surface area contributed by atoms with E-state index < -0.39 is 34.8 Å². The second kappa shape index (κ2) is 8.14. The van der Waals surface area contributed by atoms with E-state index in [1.54, 1.807) is 20.9 Å². The van der Waals surface area contributed by atoms with Crippen LogP contribution in [0.5, 0.6) is 0 Å². The lowest BCUT2D eigenvalue weighted by Gasteiger charge is -2.24. The van der Waals surface area contributed by atoms with Crippen molar-refractivity contribution in [2.24, 2.45) is 7.05 Å². The molecule has 1 heterocycles. The van der Waals surface area contributed by atoms with Gasteiger partial charge >= 0.3 is 0 Å². The fraction of sp³-hybridized carbons (Fsp3) is 0.381. The largest absolute Gasteiger partial charge is 0.344 e. The van der Waals surface area contributed by atoms with Crippen molar-refractivity contribution in [3.05, 3.63) is 52.3 Å². The van der Waals surface area contributed by atoms with Gasteiger partial charge in [-0.1, -0.05) is 6.92 Å².